The summed E-state index contributed by atoms with van der Waals surface area (Å²) in [5.74, 6) is -0.276. The average molecular weight is 302 g/mol. The van der Waals surface area contributed by atoms with Gasteiger partial charge in [-0.1, -0.05) is 30.5 Å². The maximum atomic E-state index is 11.8. The predicted molar refractivity (Wildman–Crippen MR) is 85.7 cm³/mol. The number of hydrogen-bond acceptors (Lipinski definition) is 2. The second kappa shape index (κ2) is 7.64. The zero-order chi connectivity index (χ0) is 15.9. The van der Waals surface area contributed by atoms with Crippen LogP contribution in [0.3, 0.4) is 0 Å². The van der Waals surface area contributed by atoms with Crippen molar-refractivity contribution in [3.63, 3.8) is 0 Å². The third kappa shape index (κ3) is 4.91. The number of carbonyl (C=O) groups is 2. The Hall–Kier alpha value is -2.30. The van der Waals surface area contributed by atoms with Crippen molar-refractivity contribution < 1.29 is 14.7 Å². The number of allylic oxidation sites excluding steroid dienone is 1. The molecule has 1 aliphatic rings. The quantitative estimate of drug-likeness (QED) is 0.778. The Labute approximate surface area is 130 Å². The van der Waals surface area contributed by atoms with E-state index in [4.69, 9.17) is 5.11 Å². The molecule has 1 aromatic rings. The van der Waals surface area contributed by atoms with Gasteiger partial charge in [-0.2, -0.15) is 0 Å². The third-order valence-electron chi connectivity index (χ3n) is 4.00. The number of nitrogens with one attached hydrogen (secondary N) is 2. The van der Waals surface area contributed by atoms with Crippen LogP contribution in [-0.4, -0.2) is 17.1 Å². The SMILES string of the molecule is C/C(=C\NC(=O)Nc1ccc(CC(=O)O)cc1)C1CCCC1. The first-order valence-electron chi connectivity index (χ1n) is 7.59. The van der Waals surface area contributed by atoms with Crippen molar-refractivity contribution in [2.45, 2.75) is 39.0 Å². The Bertz CT molecular complexity index is 558. The van der Waals surface area contributed by atoms with Crippen molar-refractivity contribution in [2.75, 3.05) is 5.32 Å². The van der Waals surface area contributed by atoms with E-state index in [1.807, 2.05) is 0 Å². The summed E-state index contributed by atoms with van der Waals surface area (Å²) >= 11 is 0. The van der Waals surface area contributed by atoms with Crippen LogP contribution in [0.15, 0.2) is 36.0 Å². The Kier molecular flexibility index (Phi) is 5.58. The zero-order valence-corrected chi connectivity index (χ0v) is 12.8. The van der Waals surface area contributed by atoms with Crippen LogP contribution in [-0.2, 0) is 11.2 Å². The first kappa shape index (κ1) is 16.1. The molecule has 2 amide bonds. The van der Waals surface area contributed by atoms with Gasteiger partial charge in [-0.05, 0) is 43.4 Å². The van der Waals surface area contributed by atoms with E-state index >= 15 is 0 Å². The summed E-state index contributed by atoms with van der Waals surface area (Å²) in [6.07, 6.45) is 6.71. The van der Waals surface area contributed by atoms with Crippen LogP contribution in [0.25, 0.3) is 0 Å². The van der Waals surface area contributed by atoms with Gasteiger partial charge >= 0.3 is 12.0 Å². The molecule has 22 heavy (non-hydrogen) atoms. The predicted octanol–water partition coefficient (Wildman–Crippen LogP) is 3.53. The van der Waals surface area contributed by atoms with Gasteiger partial charge in [0.1, 0.15) is 0 Å². The number of aliphatic carboxylic acids is 1. The minimum atomic E-state index is -0.869. The monoisotopic (exact) mass is 302 g/mol. The molecule has 1 aromatic carbocycles. The lowest BCUT2D eigenvalue weighted by molar-refractivity contribution is -0.136. The lowest BCUT2D eigenvalue weighted by Gasteiger charge is -2.10. The van der Waals surface area contributed by atoms with Gasteiger partial charge in [-0.15, -0.1) is 0 Å². The fraction of sp³-hybridized carbons (Fsp3) is 0.412. The number of anilines is 1. The number of benzene rings is 1. The molecule has 0 aliphatic heterocycles. The summed E-state index contributed by atoms with van der Waals surface area (Å²) in [7, 11) is 0. The van der Waals surface area contributed by atoms with Crippen LogP contribution in [0, 0.1) is 5.92 Å². The van der Waals surface area contributed by atoms with E-state index in [1.54, 1.807) is 30.5 Å². The largest absolute Gasteiger partial charge is 0.481 e. The van der Waals surface area contributed by atoms with E-state index in [9.17, 15) is 9.59 Å². The smallest absolute Gasteiger partial charge is 0.323 e. The number of carbonyl (C=O) groups excluding carboxylic acids is 1. The Morgan fingerprint density at radius 3 is 2.45 bits per heavy atom. The van der Waals surface area contributed by atoms with Crippen LogP contribution in [0.2, 0.25) is 0 Å². The fourth-order valence-corrected chi connectivity index (χ4v) is 2.73. The second-order valence-corrected chi connectivity index (χ2v) is 5.74. The molecule has 0 saturated heterocycles. The number of carboxylic acids is 1. The van der Waals surface area contributed by atoms with Gasteiger partial charge in [-0.3, -0.25) is 4.79 Å². The summed E-state index contributed by atoms with van der Waals surface area (Å²) in [6, 6.07) is 6.51. The van der Waals surface area contributed by atoms with Gasteiger partial charge in [0.15, 0.2) is 0 Å². The molecule has 0 aromatic heterocycles. The summed E-state index contributed by atoms with van der Waals surface area (Å²) < 4.78 is 0. The van der Waals surface area contributed by atoms with Gasteiger partial charge in [0.2, 0.25) is 0 Å². The molecule has 5 heteroatoms. The highest BCUT2D eigenvalue weighted by Gasteiger charge is 2.16. The molecule has 2 rings (SSSR count). The molecule has 0 atom stereocenters. The maximum Gasteiger partial charge on any atom is 0.323 e. The summed E-state index contributed by atoms with van der Waals surface area (Å²) in [4.78, 5) is 22.4. The van der Waals surface area contributed by atoms with Crippen molar-refractivity contribution in [3.05, 3.63) is 41.6 Å². The minimum absolute atomic E-state index is 0.0181. The molecular formula is C17H22N2O3. The average Bonchev–Trinajstić information content (AvgIpc) is 3.00. The Morgan fingerprint density at radius 2 is 1.86 bits per heavy atom. The highest BCUT2D eigenvalue weighted by Crippen LogP contribution is 2.30. The summed E-state index contributed by atoms with van der Waals surface area (Å²) in [6.45, 7) is 2.05. The lowest BCUT2D eigenvalue weighted by atomic mass is 10.0. The molecule has 118 valence electrons. The first-order valence-corrected chi connectivity index (χ1v) is 7.59. The molecule has 1 aliphatic carbocycles. The van der Waals surface area contributed by atoms with E-state index in [1.165, 1.54) is 31.3 Å². The Morgan fingerprint density at radius 1 is 1.23 bits per heavy atom. The maximum absolute atomic E-state index is 11.8. The van der Waals surface area contributed by atoms with Crippen molar-refractivity contribution in [1.82, 2.24) is 5.32 Å². The molecule has 1 fully saturated rings. The third-order valence-corrected chi connectivity index (χ3v) is 4.00. The van der Waals surface area contributed by atoms with Crippen LogP contribution < -0.4 is 10.6 Å². The number of hydrogen-bond donors (Lipinski definition) is 3. The number of urea groups is 1. The molecule has 0 spiro atoms. The molecule has 0 radical (unpaired) electrons. The van der Waals surface area contributed by atoms with E-state index in [0.717, 1.165) is 0 Å². The summed E-state index contributed by atoms with van der Waals surface area (Å²) in [5.41, 5.74) is 2.55. The van der Waals surface area contributed by atoms with Gasteiger partial charge < -0.3 is 15.7 Å². The minimum Gasteiger partial charge on any atom is -0.481 e. The van der Waals surface area contributed by atoms with Crippen molar-refractivity contribution in [3.8, 4) is 0 Å². The van der Waals surface area contributed by atoms with Crippen LogP contribution in [0.1, 0.15) is 38.2 Å². The molecule has 0 unspecified atom stereocenters. The Balaban J connectivity index is 1.83. The normalized spacial score (nSPS) is 15.6. The van der Waals surface area contributed by atoms with Crippen LogP contribution in [0.5, 0.6) is 0 Å². The standard InChI is InChI=1S/C17H22N2O3/c1-12(14-4-2-3-5-14)11-18-17(22)19-15-8-6-13(7-9-15)10-16(20)21/h6-9,11,14H,2-5,10H2,1H3,(H,20,21)(H2,18,19,22)/b12-11+. The molecule has 1 saturated carbocycles. The zero-order valence-electron chi connectivity index (χ0n) is 12.8. The summed E-state index contributed by atoms with van der Waals surface area (Å²) in [5, 5.41) is 14.2. The van der Waals surface area contributed by atoms with Crippen molar-refractivity contribution >= 4 is 17.7 Å². The van der Waals surface area contributed by atoms with Gasteiger partial charge in [-0.25, -0.2) is 4.79 Å². The molecule has 5 nitrogen and oxygen atoms in total. The molecule has 0 heterocycles. The van der Waals surface area contributed by atoms with E-state index in [2.05, 4.69) is 17.6 Å². The van der Waals surface area contributed by atoms with Crippen LogP contribution in [0.4, 0.5) is 10.5 Å². The van der Waals surface area contributed by atoms with E-state index in [-0.39, 0.29) is 12.5 Å². The second-order valence-electron chi connectivity index (χ2n) is 5.74. The molecule has 3 N–H and O–H groups in total. The van der Waals surface area contributed by atoms with Crippen LogP contribution >= 0.6 is 0 Å². The van der Waals surface area contributed by atoms with E-state index in [0.29, 0.717) is 17.2 Å². The lowest BCUT2D eigenvalue weighted by Crippen LogP contribution is -2.24. The highest BCUT2D eigenvalue weighted by atomic mass is 16.4. The van der Waals surface area contributed by atoms with Crippen molar-refractivity contribution in [1.29, 1.82) is 0 Å². The first-order chi connectivity index (χ1) is 10.5. The molecular weight excluding hydrogens is 280 g/mol. The topological polar surface area (TPSA) is 78.4 Å². The number of rotatable bonds is 5. The van der Waals surface area contributed by atoms with Crippen molar-refractivity contribution in [2.24, 2.45) is 5.92 Å². The number of carboxylic acid groups (broad SMARTS) is 1. The van der Waals surface area contributed by atoms with Gasteiger partial charge in [0.25, 0.3) is 0 Å². The van der Waals surface area contributed by atoms with Gasteiger partial charge in [0, 0.05) is 11.9 Å². The number of amides is 2. The fourth-order valence-electron chi connectivity index (χ4n) is 2.73. The van der Waals surface area contributed by atoms with Gasteiger partial charge in [0.05, 0.1) is 6.42 Å². The molecule has 0 bridgehead atoms. The van der Waals surface area contributed by atoms with E-state index < -0.39 is 5.97 Å². The highest BCUT2D eigenvalue weighted by molar-refractivity contribution is 5.89.